The fraction of sp³-hybridized carbons (Fsp3) is 0. The first-order valence-electron chi connectivity index (χ1n) is 5.64. The molecule has 0 saturated heterocycles. The van der Waals surface area contributed by atoms with Crippen LogP contribution in [0.2, 0.25) is 0 Å². The largest absolute Gasteiger partial charge is 0.364 e. The maximum atomic E-state index is 11.6. The molecular weight excluding hydrogens is 260 g/mol. The highest BCUT2D eigenvalue weighted by Gasteiger charge is 2.01. The fourth-order valence-corrected chi connectivity index (χ4v) is 1.46. The number of aromatic nitrogens is 5. The number of fused-ring (bicyclic) bond motifs is 1. The van der Waals surface area contributed by atoms with Crippen molar-refractivity contribution in [3.63, 3.8) is 0 Å². The summed E-state index contributed by atoms with van der Waals surface area (Å²) in [5.41, 5.74) is 1.12. The Balaban J connectivity index is 1.71. The van der Waals surface area contributed by atoms with Crippen LogP contribution in [0.3, 0.4) is 0 Å². The molecule has 2 amide bonds. The van der Waals surface area contributed by atoms with Crippen LogP contribution >= 0.6 is 0 Å². The van der Waals surface area contributed by atoms with E-state index < -0.39 is 6.03 Å². The summed E-state index contributed by atoms with van der Waals surface area (Å²) in [7, 11) is 0. The Hall–Kier alpha value is -3.23. The van der Waals surface area contributed by atoms with E-state index in [1.807, 2.05) is 6.07 Å². The zero-order chi connectivity index (χ0) is 13.8. The van der Waals surface area contributed by atoms with Crippen LogP contribution in [0.25, 0.3) is 5.65 Å². The molecule has 0 atom stereocenters. The summed E-state index contributed by atoms with van der Waals surface area (Å²) in [6.07, 6.45) is 0. The SMILES string of the molecule is O=C(N=Nc1ccc2nnnn2n1)Nc1ccccc1. The minimum atomic E-state index is -0.588. The molecule has 0 aliphatic carbocycles. The van der Waals surface area contributed by atoms with Gasteiger partial charge in [0.05, 0.1) is 0 Å². The van der Waals surface area contributed by atoms with Crippen molar-refractivity contribution in [3.05, 3.63) is 42.5 Å². The van der Waals surface area contributed by atoms with Gasteiger partial charge in [-0.05, 0) is 34.7 Å². The number of hydrogen-bond acceptors (Lipinski definition) is 6. The molecule has 98 valence electrons. The average Bonchev–Trinajstić information content (AvgIpc) is 2.93. The summed E-state index contributed by atoms with van der Waals surface area (Å²) in [6.45, 7) is 0. The van der Waals surface area contributed by atoms with Gasteiger partial charge in [-0.3, -0.25) is 0 Å². The van der Waals surface area contributed by atoms with Gasteiger partial charge in [-0.1, -0.05) is 23.3 Å². The van der Waals surface area contributed by atoms with Gasteiger partial charge in [0.2, 0.25) is 0 Å². The quantitative estimate of drug-likeness (QED) is 0.713. The number of rotatable bonds is 2. The van der Waals surface area contributed by atoms with Gasteiger partial charge in [-0.2, -0.15) is 0 Å². The smallest absolute Gasteiger partial charge is 0.305 e. The molecule has 3 aromatic rings. The number of tetrazole rings is 1. The number of azo groups is 1. The molecule has 0 bridgehead atoms. The number of carbonyl (C=O) groups excluding carboxylic acids is 1. The summed E-state index contributed by atoms with van der Waals surface area (Å²) >= 11 is 0. The zero-order valence-electron chi connectivity index (χ0n) is 10.1. The van der Waals surface area contributed by atoms with Crippen molar-refractivity contribution in [2.45, 2.75) is 0 Å². The molecule has 0 radical (unpaired) electrons. The number of carbonyl (C=O) groups is 1. The number of benzene rings is 1. The van der Waals surface area contributed by atoms with Gasteiger partial charge in [0.1, 0.15) is 0 Å². The van der Waals surface area contributed by atoms with E-state index in [0.717, 1.165) is 0 Å². The first kappa shape index (κ1) is 11.8. The third-order valence-electron chi connectivity index (χ3n) is 2.32. The Morgan fingerprint density at radius 3 is 2.85 bits per heavy atom. The Labute approximate surface area is 112 Å². The molecular formula is C11H8N8O. The molecule has 0 unspecified atom stereocenters. The van der Waals surface area contributed by atoms with E-state index in [0.29, 0.717) is 11.3 Å². The number of nitrogens with one attached hydrogen (secondary N) is 1. The van der Waals surface area contributed by atoms with E-state index in [1.54, 1.807) is 36.4 Å². The first-order valence-corrected chi connectivity index (χ1v) is 5.64. The van der Waals surface area contributed by atoms with Crippen molar-refractivity contribution in [2.24, 2.45) is 10.2 Å². The molecule has 1 aromatic carbocycles. The van der Waals surface area contributed by atoms with Crippen LogP contribution in [0.1, 0.15) is 0 Å². The van der Waals surface area contributed by atoms with Gasteiger partial charge in [0.15, 0.2) is 11.5 Å². The molecule has 9 nitrogen and oxygen atoms in total. The average molecular weight is 268 g/mol. The molecule has 20 heavy (non-hydrogen) atoms. The summed E-state index contributed by atoms with van der Waals surface area (Å²) in [4.78, 5) is 11.6. The van der Waals surface area contributed by atoms with Crippen molar-refractivity contribution >= 4 is 23.2 Å². The highest BCUT2D eigenvalue weighted by atomic mass is 16.2. The summed E-state index contributed by atoms with van der Waals surface area (Å²) < 4.78 is 1.20. The van der Waals surface area contributed by atoms with Gasteiger partial charge in [0.25, 0.3) is 0 Å². The second kappa shape index (κ2) is 5.18. The fourth-order valence-electron chi connectivity index (χ4n) is 1.46. The van der Waals surface area contributed by atoms with Gasteiger partial charge in [0, 0.05) is 5.69 Å². The monoisotopic (exact) mass is 268 g/mol. The van der Waals surface area contributed by atoms with Crippen molar-refractivity contribution < 1.29 is 4.79 Å². The molecule has 0 aliphatic rings. The van der Waals surface area contributed by atoms with Gasteiger partial charge in [-0.15, -0.1) is 19.9 Å². The van der Waals surface area contributed by atoms with E-state index in [4.69, 9.17) is 0 Å². The topological polar surface area (TPSA) is 110 Å². The summed E-state index contributed by atoms with van der Waals surface area (Å²) in [6, 6.07) is 11.6. The molecule has 1 N–H and O–H groups in total. The highest BCUT2D eigenvalue weighted by molar-refractivity contribution is 5.89. The van der Waals surface area contributed by atoms with Crippen molar-refractivity contribution in [1.29, 1.82) is 0 Å². The lowest BCUT2D eigenvalue weighted by molar-refractivity contribution is 0.258. The second-order valence-corrected chi connectivity index (χ2v) is 3.71. The maximum Gasteiger partial charge on any atom is 0.364 e. The molecule has 2 heterocycles. The zero-order valence-corrected chi connectivity index (χ0v) is 10.1. The van der Waals surface area contributed by atoms with Gasteiger partial charge in [-0.25, -0.2) is 4.79 Å². The number of urea groups is 1. The Bertz CT molecular complexity index is 766. The van der Waals surface area contributed by atoms with Crippen LogP contribution in [0.5, 0.6) is 0 Å². The van der Waals surface area contributed by atoms with Crippen molar-refractivity contribution in [1.82, 2.24) is 25.3 Å². The Morgan fingerprint density at radius 1 is 1.15 bits per heavy atom. The predicted octanol–water partition coefficient (Wildman–Crippen LogP) is 1.84. The lowest BCUT2D eigenvalue weighted by atomic mass is 10.3. The number of hydrogen-bond donors (Lipinski definition) is 1. The Morgan fingerprint density at radius 2 is 2.00 bits per heavy atom. The molecule has 3 rings (SSSR count). The van der Waals surface area contributed by atoms with E-state index in [9.17, 15) is 4.79 Å². The number of para-hydroxylation sites is 1. The lowest BCUT2D eigenvalue weighted by Gasteiger charge is -1.98. The van der Waals surface area contributed by atoms with Crippen LogP contribution in [-0.4, -0.2) is 31.3 Å². The minimum Gasteiger partial charge on any atom is -0.305 e. The van der Waals surface area contributed by atoms with Gasteiger partial charge >= 0.3 is 6.03 Å². The van der Waals surface area contributed by atoms with E-state index >= 15 is 0 Å². The van der Waals surface area contributed by atoms with Crippen LogP contribution < -0.4 is 5.32 Å². The molecule has 0 fully saturated rings. The molecule has 0 spiro atoms. The first-order chi connectivity index (χ1) is 9.81. The second-order valence-electron chi connectivity index (χ2n) is 3.71. The van der Waals surface area contributed by atoms with Gasteiger partial charge < -0.3 is 5.32 Å². The Kier molecular flexibility index (Phi) is 3.07. The van der Waals surface area contributed by atoms with E-state index in [-0.39, 0.29) is 5.82 Å². The van der Waals surface area contributed by atoms with Crippen LogP contribution in [0.15, 0.2) is 52.7 Å². The highest BCUT2D eigenvalue weighted by Crippen LogP contribution is 2.09. The molecule has 0 saturated carbocycles. The summed E-state index contributed by atoms with van der Waals surface area (Å²) in [5.74, 6) is 0.230. The summed E-state index contributed by atoms with van der Waals surface area (Å²) in [5, 5.41) is 24.5. The third-order valence-corrected chi connectivity index (χ3v) is 2.32. The molecule has 0 aliphatic heterocycles. The number of amides is 2. The van der Waals surface area contributed by atoms with Crippen molar-refractivity contribution in [3.8, 4) is 0 Å². The maximum absolute atomic E-state index is 11.6. The van der Waals surface area contributed by atoms with E-state index in [2.05, 4.69) is 36.2 Å². The lowest BCUT2D eigenvalue weighted by Crippen LogP contribution is -2.04. The third kappa shape index (κ3) is 2.61. The standard InChI is InChI=1S/C11H8N8O/c20-11(12-8-4-2-1-3-5-8)15-13-9-6-7-10-14-17-18-19(10)16-9/h1-7H,(H,12,20). The predicted molar refractivity (Wildman–Crippen MR) is 68.6 cm³/mol. The van der Waals surface area contributed by atoms with E-state index in [1.165, 1.54) is 4.63 Å². The number of anilines is 1. The normalized spacial score (nSPS) is 11.0. The van der Waals surface area contributed by atoms with Crippen LogP contribution in [0.4, 0.5) is 16.3 Å². The van der Waals surface area contributed by atoms with Crippen LogP contribution in [0, 0.1) is 0 Å². The number of nitrogens with zero attached hydrogens (tertiary/aromatic N) is 7. The van der Waals surface area contributed by atoms with Crippen molar-refractivity contribution in [2.75, 3.05) is 5.32 Å². The molecule has 9 heteroatoms. The van der Waals surface area contributed by atoms with Crippen LogP contribution in [-0.2, 0) is 0 Å². The molecule has 2 aromatic heterocycles. The minimum absolute atomic E-state index is 0.230.